The van der Waals surface area contributed by atoms with Gasteiger partial charge >= 0.3 is 0 Å². The molecule has 4 heteroatoms. The van der Waals surface area contributed by atoms with Gasteiger partial charge < -0.3 is 14.6 Å². The molecule has 1 fully saturated rings. The number of aryl methyl sites for hydroxylation is 1. The Bertz CT molecular complexity index is 342. The van der Waals surface area contributed by atoms with Gasteiger partial charge in [-0.3, -0.25) is 0 Å². The summed E-state index contributed by atoms with van der Waals surface area (Å²) in [5, 5.41) is 3.43. The maximum atomic E-state index is 5.55. The first-order chi connectivity index (χ1) is 8.31. The van der Waals surface area contributed by atoms with Crippen molar-refractivity contribution in [3.63, 3.8) is 0 Å². The number of anilines is 1. The second kappa shape index (κ2) is 6.05. The van der Waals surface area contributed by atoms with Gasteiger partial charge in [-0.25, -0.2) is 4.98 Å². The van der Waals surface area contributed by atoms with Gasteiger partial charge in [0.15, 0.2) is 0 Å². The Balaban J connectivity index is 2.03. The van der Waals surface area contributed by atoms with Gasteiger partial charge in [0.2, 0.25) is 5.95 Å². The molecular formula is C13H23N3O. The van der Waals surface area contributed by atoms with Crippen molar-refractivity contribution in [2.45, 2.75) is 45.6 Å². The number of hydrogen-bond acceptors (Lipinski definition) is 3. The molecule has 1 aromatic rings. The van der Waals surface area contributed by atoms with Gasteiger partial charge in [0.1, 0.15) is 0 Å². The van der Waals surface area contributed by atoms with Crippen LogP contribution in [0.4, 0.5) is 5.95 Å². The van der Waals surface area contributed by atoms with Crippen LogP contribution in [0, 0.1) is 6.92 Å². The first-order valence-corrected chi connectivity index (χ1v) is 6.68. The summed E-state index contributed by atoms with van der Waals surface area (Å²) in [6.07, 6.45) is 6.87. The normalized spacial score (nSPS) is 20.5. The van der Waals surface area contributed by atoms with Crippen LogP contribution in [0.5, 0.6) is 0 Å². The van der Waals surface area contributed by atoms with Crippen LogP contribution in [0.25, 0.3) is 0 Å². The summed E-state index contributed by atoms with van der Waals surface area (Å²) in [7, 11) is 0. The van der Waals surface area contributed by atoms with Gasteiger partial charge in [-0.1, -0.05) is 13.3 Å². The van der Waals surface area contributed by atoms with E-state index in [-0.39, 0.29) is 0 Å². The number of imidazole rings is 1. The lowest BCUT2D eigenvalue weighted by Crippen LogP contribution is -2.22. The van der Waals surface area contributed by atoms with Crippen molar-refractivity contribution in [2.75, 3.05) is 25.1 Å². The lowest BCUT2D eigenvalue weighted by Gasteiger charge is -2.25. The van der Waals surface area contributed by atoms with Crippen molar-refractivity contribution in [1.29, 1.82) is 0 Å². The lowest BCUT2D eigenvalue weighted by molar-refractivity contribution is 0.0598. The Labute approximate surface area is 103 Å². The third-order valence-electron chi connectivity index (χ3n) is 3.20. The molecule has 2 rings (SSSR count). The van der Waals surface area contributed by atoms with Crippen molar-refractivity contribution in [3.8, 4) is 0 Å². The standard InChI is InChI=1S/C13H23N3O/c1-3-4-7-14-13-15-11(2)9-16(13)12-6-5-8-17-10-12/h9,12H,3-8,10H2,1-2H3,(H,14,15). The minimum Gasteiger partial charge on any atom is -0.379 e. The number of nitrogens with one attached hydrogen (secondary N) is 1. The third-order valence-corrected chi connectivity index (χ3v) is 3.20. The molecule has 0 bridgehead atoms. The van der Waals surface area contributed by atoms with E-state index in [0.29, 0.717) is 6.04 Å². The van der Waals surface area contributed by atoms with Gasteiger partial charge in [0, 0.05) is 19.3 Å². The van der Waals surface area contributed by atoms with Crippen LogP contribution < -0.4 is 5.32 Å². The molecule has 1 saturated heterocycles. The van der Waals surface area contributed by atoms with Crippen molar-refractivity contribution in [1.82, 2.24) is 9.55 Å². The molecule has 0 aromatic carbocycles. The second-order valence-electron chi connectivity index (χ2n) is 4.76. The summed E-state index contributed by atoms with van der Waals surface area (Å²) < 4.78 is 7.80. The Kier molecular flexibility index (Phi) is 4.42. The van der Waals surface area contributed by atoms with E-state index in [1.54, 1.807) is 0 Å². The Morgan fingerprint density at radius 1 is 1.59 bits per heavy atom. The van der Waals surface area contributed by atoms with Crippen molar-refractivity contribution < 1.29 is 4.74 Å². The lowest BCUT2D eigenvalue weighted by atomic mass is 10.1. The van der Waals surface area contributed by atoms with E-state index in [2.05, 4.69) is 28.0 Å². The van der Waals surface area contributed by atoms with Crippen LogP contribution in [-0.4, -0.2) is 29.3 Å². The van der Waals surface area contributed by atoms with Crippen molar-refractivity contribution in [3.05, 3.63) is 11.9 Å². The fraction of sp³-hybridized carbons (Fsp3) is 0.769. The van der Waals surface area contributed by atoms with E-state index < -0.39 is 0 Å². The predicted molar refractivity (Wildman–Crippen MR) is 69.5 cm³/mol. The predicted octanol–water partition coefficient (Wildman–Crippen LogP) is 2.76. The van der Waals surface area contributed by atoms with Crippen LogP contribution in [0.3, 0.4) is 0 Å². The smallest absolute Gasteiger partial charge is 0.203 e. The SMILES string of the molecule is CCCCNc1nc(C)cn1C1CCCOC1. The van der Waals surface area contributed by atoms with Crippen molar-refractivity contribution >= 4 is 5.95 Å². The van der Waals surface area contributed by atoms with E-state index in [1.165, 1.54) is 19.3 Å². The summed E-state index contributed by atoms with van der Waals surface area (Å²) >= 11 is 0. The minimum atomic E-state index is 0.453. The molecule has 1 aromatic heterocycles. The Morgan fingerprint density at radius 2 is 2.47 bits per heavy atom. The molecule has 4 nitrogen and oxygen atoms in total. The highest BCUT2D eigenvalue weighted by atomic mass is 16.5. The number of hydrogen-bond donors (Lipinski definition) is 1. The number of unbranched alkanes of at least 4 members (excludes halogenated alkanes) is 1. The summed E-state index contributed by atoms with van der Waals surface area (Å²) in [4.78, 5) is 4.55. The van der Waals surface area contributed by atoms with Crippen LogP contribution in [0.1, 0.15) is 44.3 Å². The van der Waals surface area contributed by atoms with Crippen LogP contribution in [-0.2, 0) is 4.74 Å². The monoisotopic (exact) mass is 237 g/mol. The molecular weight excluding hydrogens is 214 g/mol. The quantitative estimate of drug-likeness (QED) is 0.800. The second-order valence-corrected chi connectivity index (χ2v) is 4.76. The number of nitrogens with zero attached hydrogens (tertiary/aromatic N) is 2. The molecule has 1 aliphatic heterocycles. The number of rotatable bonds is 5. The molecule has 96 valence electrons. The Hall–Kier alpha value is -1.03. The summed E-state index contributed by atoms with van der Waals surface area (Å²) in [6.45, 7) is 6.97. The molecule has 1 N–H and O–H groups in total. The van der Waals surface area contributed by atoms with Gasteiger partial charge in [0.25, 0.3) is 0 Å². The Morgan fingerprint density at radius 3 is 3.18 bits per heavy atom. The molecule has 1 unspecified atom stereocenters. The highest BCUT2D eigenvalue weighted by molar-refractivity contribution is 5.29. The van der Waals surface area contributed by atoms with Crippen molar-refractivity contribution in [2.24, 2.45) is 0 Å². The van der Waals surface area contributed by atoms with Gasteiger partial charge in [-0.2, -0.15) is 0 Å². The average Bonchev–Trinajstić information content (AvgIpc) is 2.72. The summed E-state index contributed by atoms with van der Waals surface area (Å²) in [6, 6.07) is 0.453. The molecule has 1 atom stereocenters. The summed E-state index contributed by atoms with van der Waals surface area (Å²) in [5.74, 6) is 1.01. The topological polar surface area (TPSA) is 39.1 Å². The number of ether oxygens (including phenoxy) is 1. The average molecular weight is 237 g/mol. The van der Waals surface area contributed by atoms with Crippen LogP contribution in [0.2, 0.25) is 0 Å². The van der Waals surface area contributed by atoms with Gasteiger partial charge in [-0.15, -0.1) is 0 Å². The van der Waals surface area contributed by atoms with Gasteiger partial charge in [0.05, 0.1) is 18.3 Å². The van der Waals surface area contributed by atoms with E-state index in [0.717, 1.165) is 37.8 Å². The number of aromatic nitrogens is 2. The largest absolute Gasteiger partial charge is 0.379 e. The molecule has 17 heavy (non-hydrogen) atoms. The van der Waals surface area contributed by atoms with E-state index in [9.17, 15) is 0 Å². The molecule has 0 amide bonds. The third kappa shape index (κ3) is 3.22. The maximum absolute atomic E-state index is 5.55. The van der Waals surface area contributed by atoms with E-state index in [4.69, 9.17) is 4.74 Å². The zero-order valence-corrected chi connectivity index (χ0v) is 10.9. The first kappa shape index (κ1) is 12.4. The zero-order chi connectivity index (χ0) is 12.1. The fourth-order valence-corrected chi connectivity index (χ4v) is 2.25. The molecule has 1 aliphatic rings. The van der Waals surface area contributed by atoms with Crippen LogP contribution >= 0.6 is 0 Å². The molecule has 0 radical (unpaired) electrons. The fourth-order valence-electron chi connectivity index (χ4n) is 2.25. The maximum Gasteiger partial charge on any atom is 0.203 e. The van der Waals surface area contributed by atoms with Gasteiger partial charge in [-0.05, 0) is 26.2 Å². The minimum absolute atomic E-state index is 0.453. The van der Waals surface area contributed by atoms with E-state index >= 15 is 0 Å². The van der Waals surface area contributed by atoms with Crippen LogP contribution in [0.15, 0.2) is 6.20 Å². The molecule has 2 heterocycles. The molecule has 0 spiro atoms. The zero-order valence-electron chi connectivity index (χ0n) is 10.9. The molecule has 0 saturated carbocycles. The first-order valence-electron chi connectivity index (χ1n) is 6.68. The summed E-state index contributed by atoms with van der Waals surface area (Å²) in [5.41, 5.74) is 1.08. The highest BCUT2D eigenvalue weighted by Crippen LogP contribution is 2.23. The highest BCUT2D eigenvalue weighted by Gasteiger charge is 2.18. The molecule has 0 aliphatic carbocycles. The van der Waals surface area contributed by atoms with E-state index in [1.807, 2.05) is 6.92 Å².